The molecule has 0 spiro atoms. The van der Waals surface area contributed by atoms with Crippen LogP contribution in [-0.2, 0) is 17.6 Å². The second-order valence-electron chi connectivity index (χ2n) is 10.1. The van der Waals surface area contributed by atoms with Crippen molar-refractivity contribution < 1.29 is 4.79 Å². The first-order chi connectivity index (χ1) is 16.5. The van der Waals surface area contributed by atoms with Gasteiger partial charge in [-0.1, -0.05) is 31.2 Å². The normalized spacial score (nSPS) is 22.7. The van der Waals surface area contributed by atoms with Crippen molar-refractivity contribution in [3.8, 4) is 0 Å². The van der Waals surface area contributed by atoms with Gasteiger partial charge in [0, 0.05) is 23.0 Å². The number of hydrogen-bond acceptors (Lipinski definition) is 5. The third-order valence-corrected chi connectivity index (χ3v) is 8.53. The van der Waals surface area contributed by atoms with Gasteiger partial charge < -0.3 is 16.0 Å². The Morgan fingerprint density at radius 1 is 1.21 bits per heavy atom. The number of benzene rings is 1. The predicted octanol–water partition coefficient (Wildman–Crippen LogP) is 5.38. The Bertz CT molecular complexity index is 977. The maximum absolute atomic E-state index is 12.4. The maximum atomic E-state index is 12.4. The molecule has 34 heavy (non-hydrogen) atoms. The summed E-state index contributed by atoms with van der Waals surface area (Å²) in [6.45, 7) is 6.71. The highest BCUT2D eigenvalue weighted by atomic mass is 32.1. The summed E-state index contributed by atoms with van der Waals surface area (Å²) in [7, 11) is 0. The van der Waals surface area contributed by atoms with Crippen LogP contribution in [0.1, 0.15) is 73.6 Å². The van der Waals surface area contributed by atoms with E-state index in [0.717, 1.165) is 42.3 Å². The number of carbonyl (C=O) groups is 1. The summed E-state index contributed by atoms with van der Waals surface area (Å²) in [5, 5.41) is 3.95. The lowest BCUT2D eigenvalue weighted by molar-refractivity contribution is -0.117. The molecule has 0 saturated heterocycles. The summed E-state index contributed by atoms with van der Waals surface area (Å²) in [6, 6.07) is 9.09. The lowest BCUT2D eigenvalue weighted by Crippen LogP contribution is -2.41. The van der Waals surface area contributed by atoms with E-state index in [0.29, 0.717) is 12.1 Å². The van der Waals surface area contributed by atoms with E-state index in [9.17, 15) is 4.79 Å². The van der Waals surface area contributed by atoms with Crippen LogP contribution < -0.4 is 11.1 Å². The molecule has 0 bridgehead atoms. The molecule has 0 radical (unpaired) electrons. The van der Waals surface area contributed by atoms with Crippen molar-refractivity contribution in [1.29, 1.82) is 0 Å². The van der Waals surface area contributed by atoms with E-state index in [1.807, 2.05) is 24.3 Å². The Kier molecular flexibility index (Phi) is 8.79. The molecule has 1 aromatic heterocycles. The third-order valence-electron chi connectivity index (χ3n) is 7.58. The number of aryl methyl sites for hydroxylation is 2. The monoisotopic (exact) mass is 480 g/mol. The minimum absolute atomic E-state index is 0.0289. The van der Waals surface area contributed by atoms with E-state index in [4.69, 9.17) is 5.73 Å². The molecule has 2 aromatic rings. The first-order valence-corrected chi connectivity index (χ1v) is 13.9. The van der Waals surface area contributed by atoms with Gasteiger partial charge >= 0.3 is 0 Å². The number of nitrogens with zero attached hydrogens (tertiary/aromatic N) is 2. The molecular weight excluding hydrogens is 440 g/mol. The Morgan fingerprint density at radius 3 is 2.76 bits per heavy atom. The fourth-order valence-electron chi connectivity index (χ4n) is 5.59. The second kappa shape index (κ2) is 12.0. The molecule has 2 aliphatic carbocycles. The summed E-state index contributed by atoms with van der Waals surface area (Å²) in [4.78, 5) is 21.1. The highest BCUT2D eigenvalue weighted by Crippen LogP contribution is 2.32. The highest BCUT2D eigenvalue weighted by molar-refractivity contribution is 7.15. The number of hydrogen-bond donors (Lipinski definition) is 2. The molecule has 6 heteroatoms. The highest BCUT2D eigenvalue weighted by Gasteiger charge is 2.28. The number of aromatic nitrogens is 1. The molecule has 1 aromatic carbocycles. The number of amides is 1. The standard InChI is InChI=1S/C28H40N4OS/c1-3-17-32(24-13-14-25-26(19-24)34-28(29)31-25)18-16-21-8-11-23(12-9-21)30-27(33)15-10-22-7-5-4-6-20(22)2/h4-7,10,15,21,23-24H,3,8-9,11-14,16-19H2,1-2H3,(H2,29,31)(H,30,33)/b15-10+. The van der Waals surface area contributed by atoms with Crippen LogP contribution in [-0.4, -0.2) is 41.0 Å². The maximum Gasteiger partial charge on any atom is 0.244 e. The van der Waals surface area contributed by atoms with Crippen molar-refractivity contribution >= 4 is 28.5 Å². The molecule has 184 valence electrons. The average Bonchev–Trinajstić information content (AvgIpc) is 3.21. The number of anilines is 1. The SMILES string of the molecule is CCCN(CCC1CCC(NC(=O)/C=C/c2ccccc2C)CC1)C1CCc2nc(N)sc2C1. The van der Waals surface area contributed by atoms with Crippen molar-refractivity contribution in [3.63, 3.8) is 0 Å². The van der Waals surface area contributed by atoms with E-state index >= 15 is 0 Å². The summed E-state index contributed by atoms with van der Waals surface area (Å²) < 4.78 is 0. The number of nitrogens with two attached hydrogens (primary N) is 1. The zero-order chi connectivity index (χ0) is 23.9. The molecule has 1 amide bonds. The van der Waals surface area contributed by atoms with Crippen molar-refractivity contribution in [2.75, 3.05) is 18.8 Å². The van der Waals surface area contributed by atoms with E-state index in [2.05, 4.69) is 35.1 Å². The van der Waals surface area contributed by atoms with E-state index in [-0.39, 0.29) is 5.91 Å². The number of thiazole rings is 1. The number of carbonyl (C=O) groups excluding carboxylic acids is 1. The number of nitrogen functional groups attached to an aromatic ring is 1. The van der Waals surface area contributed by atoms with Gasteiger partial charge in [0.1, 0.15) is 0 Å². The van der Waals surface area contributed by atoms with Gasteiger partial charge in [-0.3, -0.25) is 4.79 Å². The van der Waals surface area contributed by atoms with Gasteiger partial charge in [-0.25, -0.2) is 4.98 Å². The van der Waals surface area contributed by atoms with Crippen LogP contribution in [0.5, 0.6) is 0 Å². The lowest BCUT2D eigenvalue weighted by atomic mass is 9.83. The van der Waals surface area contributed by atoms with Gasteiger partial charge in [0.05, 0.1) is 5.69 Å². The van der Waals surface area contributed by atoms with Gasteiger partial charge in [-0.2, -0.15) is 0 Å². The Labute approximate surface area is 208 Å². The quantitative estimate of drug-likeness (QED) is 0.473. The molecule has 1 heterocycles. The minimum Gasteiger partial charge on any atom is -0.375 e. The summed E-state index contributed by atoms with van der Waals surface area (Å²) in [5.74, 6) is 0.800. The zero-order valence-corrected chi connectivity index (χ0v) is 21.6. The van der Waals surface area contributed by atoms with Gasteiger partial charge in [0.2, 0.25) is 5.91 Å². The molecule has 2 aliphatic rings. The van der Waals surface area contributed by atoms with Crippen molar-refractivity contribution in [1.82, 2.24) is 15.2 Å². The van der Waals surface area contributed by atoms with E-state index in [1.165, 1.54) is 61.3 Å². The van der Waals surface area contributed by atoms with Crippen LogP contribution in [0.3, 0.4) is 0 Å². The first-order valence-electron chi connectivity index (χ1n) is 13.0. The van der Waals surface area contributed by atoms with Crippen molar-refractivity contribution in [2.45, 2.75) is 83.7 Å². The van der Waals surface area contributed by atoms with Crippen LogP contribution in [0, 0.1) is 12.8 Å². The molecule has 1 saturated carbocycles. The molecular formula is C28H40N4OS. The Morgan fingerprint density at radius 2 is 2.00 bits per heavy atom. The largest absolute Gasteiger partial charge is 0.375 e. The number of nitrogens with one attached hydrogen (secondary N) is 1. The summed E-state index contributed by atoms with van der Waals surface area (Å²) >= 11 is 1.68. The van der Waals surface area contributed by atoms with Gasteiger partial charge in [-0.05, 0) is 101 Å². The third kappa shape index (κ3) is 6.70. The first kappa shape index (κ1) is 24.9. The minimum atomic E-state index is 0.0289. The van der Waals surface area contributed by atoms with Crippen molar-refractivity contribution in [2.24, 2.45) is 5.92 Å². The van der Waals surface area contributed by atoms with Crippen LogP contribution >= 0.6 is 11.3 Å². The average molecular weight is 481 g/mol. The number of rotatable bonds is 9. The predicted molar refractivity (Wildman–Crippen MR) is 143 cm³/mol. The Balaban J connectivity index is 1.20. The van der Waals surface area contributed by atoms with Crippen molar-refractivity contribution in [3.05, 3.63) is 52.0 Å². The van der Waals surface area contributed by atoms with E-state index in [1.54, 1.807) is 17.4 Å². The molecule has 0 aliphatic heterocycles. The van der Waals surface area contributed by atoms with Gasteiger partial charge in [-0.15, -0.1) is 11.3 Å². The Hall–Kier alpha value is -2.18. The zero-order valence-electron chi connectivity index (χ0n) is 20.8. The fraction of sp³-hybridized carbons (Fsp3) is 0.571. The second-order valence-corrected chi connectivity index (χ2v) is 11.2. The summed E-state index contributed by atoms with van der Waals surface area (Å²) in [6.07, 6.45) is 14.1. The molecule has 3 N–H and O–H groups in total. The lowest BCUT2D eigenvalue weighted by Gasteiger charge is -2.36. The van der Waals surface area contributed by atoms with E-state index < -0.39 is 0 Å². The fourth-order valence-corrected chi connectivity index (χ4v) is 6.54. The molecule has 5 nitrogen and oxygen atoms in total. The van der Waals surface area contributed by atoms with Crippen LogP contribution in [0.2, 0.25) is 0 Å². The van der Waals surface area contributed by atoms with Crippen LogP contribution in [0.25, 0.3) is 6.08 Å². The molecule has 4 rings (SSSR count). The van der Waals surface area contributed by atoms with Gasteiger partial charge in [0.25, 0.3) is 0 Å². The number of fused-ring (bicyclic) bond motifs is 1. The smallest absolute Gasteiger partial charge is 0.244 e. The van der Waals surface area contributed by atoms with Crippen LogP contribution in [0.4, 0.5) is 5.13 Å². The molecule has 1 unspecified atom stereocenters. The molecule has 1 atom stereocenters. The van der Waals surface area contributed by atoms with Gasteiger partial charge in [0.15, 0.2) is 5.13 Å². The summed E-state index contributed by atoms with van der Waals surface area (Å²) in [5.41, 5.74) is 9.48. The van der Waals surface area contributed by atoms with Crippen LogP contribution in [0.15, 0.2) is 30.3 Å². The molecule has 1 fully saturated rings. The topological polar surface area (TPSA) is 71.2 Å².